The highest BCUT2D eigenvalue weighted by atomic mass is 31.2. The molecule has 27 heteroatoms. The molecule has 9 atom stereocenters. The van der Waals surface area contributed by atoms with Crippen molar-refractivity contribution in [3.05, 3.63) is 39.8 Å². The van der Waals surface area contributed by atoms with Crippen LogP contribution in [0.4, 0.5) is 11.8 Å². The Morgan fingerprint density at radius 2 is 1.74 bits per heavy atom. The van der Waals surface area contributed by atoms with Crippen molar-refractivity contribution in [1.82, 2.24) is 39.0 Å². The van der Waals surface area contributed by atoms with Crippen LogP contribution in [0.15, 0.2) is 28.9 Å². The number of imidazole rings is 2. The first kappa shape index (κ1) is 34.1. The molecule has 2 aliphatic rings. The van der Waals surface area contributed by atoms with Crippen LogP contribution in [-0.2, 0) is 27.7 Å². The van der Waals surface area contributed by atoms with E-state index in [9.17, 15) is 29.6 Å². The van der Waals surface area contributed by atoms with Gasteiger partial charge in [0, 0.05) is 4.91 Å². The second kappa shape index (κ2) is 13.9. The molecule has 0 radical (unpaired) electrons. The first-order valence-corrected chi connectivity index (χ1v) is 15.3. The number of nitrogens with zero attached hydrogens (tertiary/aromatic N) is 10. The molecular weight excluding hydrogens is 676 g/mol. The molecule has 2 fully saturated rings. The molecule has 252 valence electrons. The lowest BCUT2D eigenvalue weighted by Gasteiger charge is -2.25. The highest BCUT2D eigenvalue weighted by Gasteiger charge is 2.51. The van der Waals surface area contributed by atoms with Crippen molar-refractivity contribution in [3.63, 3.8) is 0 Å². The average Bonchev–Trinajstić information content (AvgIpc) is 3.78. The van der Waals surface area contributed by atoms with Crippen molar-refractivity contribution < 1.29 is 52.8 Å². The maximum Gasteiger partial charge on any atom is 0.472 e. The summed E-state index contributed by atoms with van der Waals surface area (Å²) in [5, 5.41) is 34.7. The van der Waals surface area contributed by atoms with Crippen LogP contribution < -0.4 is 17.0 Å². The quantitative estimate of drug-likeness (QED) is 0.0404. The Labute approximate surface area is 261 Å². The number of ether oxygens (including phenoxy) is 2. The zero-order valence-corrected chi connectivity index (χ0v) is 25.2. The summed E-state index contributed by atoms with van der Waals surface area (Å²) in [5.74, 6) is -0.192. The van der Waals surface area contributed by atoms with E-state index in [-0.39, 0.29) is 34.1 Å². The molecule has 10 N–H and O–H groups in total. The Bertz CT molecular complexity index is 1920. The molecule has 0 spiro atoms. The third-order valence-corrected chi connectivity index (χ3v) is 8.04. The number of phosphoric ester groups is 1. The lowest BCUT2D eigenvalue weighted by Crippen LogP contribution is -2.35. The minimum absolute atomic E-state index is 0.0754. The van der Waals surface area contributed by atoms with E-state index in [1.165, 1.54) is 17.2 Å². The van der Waals surface area contributed by atoms with E-state index in [4.69, 9.17) is 45.0 Å². The van der Waals surface area contributed by atoms with Gasteiger partial charge < -0.3 is 46.0 Å². The summed E-state index contributed by atoms with van der Waals surface area (Å²) in [4.78, 5) is 54.9. The van der Waals surface area contributed by atoms with Gasteiger partial charge in [0.1, 0.15) is 36.3 Å². The fourth-order valence-corrected chi connectivity index (χ4v) is 5.97. The van der Waals surface area contributed by atoms with Gasteiger partial charge in [-0.15, -0.1) is 0 Å². The van der Waals surface area contributed by atoms with Crippen LogP contribution >= 0.6 is 16.5 Å². The molecule has 6 heterocycles. The van der Waals surface area contributed by atoms with Crippen LogP contribution in [0.1, 0.15) is 12.5 Å². The van der Waals surface area contributed by atoms with Gasteiger partial charge in [-0.3, -0.25) is 28.0 Å². The van der Waals surface area contributed by atoms with Gasteiger partial charge in [0.25, 0.3) is 5.56 Å². The fourth-order valence-electron chi connectivity index (χ4n) is 5.04. The molecule has 2 aliphatic heterocycles. The van der Waals surface area contributed by atoms with Crippen molar-refractivity contribution in [2.45, 2.75) is 49.0 Å². The fraction of sp³-hybridized carbons (Fsp3) is 0.500. The monoisotopic (exact) mass is 701 g/mol. The molecule has 6 rings (SSSR count). The molecule has 1 unspecified atom stereocenters. The van der Waals surface area contributed by atoms with Crippen molar-refractivity contribution in [1.29, 1.82) is 0 Å². The highest BCUT2D eigenvalue weighted by molar-refractivity contribution is 7.47. The van der Waals surface area contributed by atoms with E-state index in [0.717, 1.165) is 10.9 Å². The first-order valence-electron chi connectivity index (χ1n) is 13.0. The summed E-state index contributed by atoms with van der Waals surface area (Å²) in [6.45, 7) is -1.46. The van der Waals surface area contributed by atoms with Crippen LogP contribution in [0.3, 0.4) is 0 Å². The Hall–Kier alpha value is -4.22. The number of aromatic amines is 1. The van der Waals surface area contributed by atoms with Crippen molar-refractivity contribution in [2.24, 2.45) is 5.11 Å². The van der Waals surface area contributed by atoms with Crippen LogP contribution in [0.5, 0.6) is 0 Å². The zero-order chi connectivity index (χ0) is 34.0. The Morgan fingerprint density at radius 1 is 1.09 bits per heavy atom. The lowest BCUT2D eigenvalue weighted by atomic mass is 10.1. The topological polar surface area (TPSA) is 380 Å². The summed E-state index contributed by atoms with van der Waals surface area (Å²) < 4.78 is 46.0. The van der Waals surface area contributed by atoms with Crippen LogP contribution in [0.2, 0.25) is 0 Å². The lowest BCUT2D eigenvalue weighted by molar-refractivity contribution is -0.0615. The van der Waals surface area contributed by atoms with E-state index in [2.05, 4.69) is 39.9 Å². The third kappa shape index (κ3) is 6.64. The van der Waals surface area contributed by atoms with E-state index in [1.54, 1.807) is 0 Å². The SMILES string of the molecule is O=PO.[N-]=[N+]=N[C@H]1[C@@H](OP(=O)(O)OC[C@H]2O[C@@H](n3cnc4c(N)ncnc43)[C@H](O)[C@@H]2O)[C@H](n2cnc3c(=O)[nH]c(N)nc32)O[C@@H]1CO. The molecular formula is C20H25N13O12P2. The Balaban J connectivity index is 0.00000139. The Kier molecular flexibility index (Phi) is 10.1. The molecule has 0 amide bonds. The number of aromatic nitrogens is 8. The molecule has 25 nitrogen and oxygen atoms in total. The average molecular weight is 701 g/mol. The van der Waals surface area contributed by atoms with E-state index in [0.29, 0.717) is 0 Å². The summed E-state index contributed by atoms with van der Waals surface area (Å²) in [5.41, 5.74) is 20.1. The van der Waals surface area contributed by atoms with E-state index in [1.807, 2.05) is 0 Å². The first-order chi connectivity index (χ1) is 22.4. The minimum atomic E-state index is -5.10. The number of phosphoric acid groups is 1. The van der Waals surface area contributed by atoms with Gasteiger partial charge in [0.15, 0.2) is 35.1 Å². The zero-order valence-electron chi connectivity index (χ0n) is 23.4. The third-order valence-electron chi connectivity index (χ3n) is 7.06. The summed E-state index contributed by atoms with van der Waals surface area (Å²) in [6.07, 6.45) is -6.41. The molecule has 0 saturated carbocycles. The molecule has 47 heavy (non-hydrogen) atoms. The van der Waals surface area contributed by atoms with Crippen LogP contribution in [-0.4, -0.2) is 114 Å². The number of fused-ring (bicyclic) bond motifs is 2. The summed E-state index contributed by atoms with van der Waals surface area (Å²) in [7, 11) is -5.94. The number of H-pyrrole nitrogens is 1. The summed E-state index contributed by atoms with van der Waals surface area (Å²) >= 11 is 0. The minimum Gasteiger partial charge on any atom is -0.394 e. The number of hydrogen-bond donors (Lipinski definition) is 8. The molecule has 0 aromatic carbocycles. The number of rotatable bonds is 9. The maximum atomic E-state index is 13.2. The predicted molar refractivity (Wildman–Crippen MR) is 153 cm³/mol. The maximum absolute atomic E-state index is 13.2. The van der Waals surface area contributed by atoms with Crippen molar-refractivity contribution in [3.8, 4) is 0 Å². The molecule has 0 aliphatic carbocycles. The number of anilines is 2. The summed E-state index contributed by atoms with van der Waals surface area (Å²) in [6, 6.07) is -1.38. The smallest absolute Gasteiger partial charge is 0.394 e. The molecule has 2 saturated heterocycles. The predicted octanol–water partition coefficient (Wildman–Crippen LogP) is -2.00. The van der Waals surface area contributed by atoms with E-state index >= 15 is 0 Å². The van der Waals surface area contributed by atoms with Gasteiger partial charge in [0.05, 0.1) is 38.0 Å². The molecule has 4 aromatic heterocycles. The van der Waals surface area contributed by atoms with Crippen LogP contribution in [0, 0.1) is 0 Å². The normalized spacial score (nSPS) is 28.6. The molecule has 0 bridgehead atoms. The second-order valence-electron chi connectivity index (χ2n) is 9.76. The van der Waals surface area contributed by atoms with Gasteiger partial charge in [0.2, 0.25) is 5.95 Å². The van der Waals surface area contributed by atoms with Gasteiger partial charge in [-0.25, -0.2) is 29.1 Å². The second-order valence-corrected chi connectivity index (χ2v) is 11.3. The standard InChI is InChI=1S/C20H24N13O10P.HO2P/c21-14-9-15(25-3-24-14)32(4-26-9)18-12(36)11(35)7(42-18)2-40-44(38,39)43-13-8(30-31-23)6(1-34)41-19(13)33-5-27-10-16(33)28-20(22)29-17(10)37;1-3-2/h3-8,11-13,18-19,34-36H,1-2H2,(H,38,39)(H2,21,24,25)(H3,22,28,29,37);(H,1,2)/t6-,7-,8-,11-,12-,13-,18-,19-;/m1./s1. The van der Waals surface area contributed by atoms with Gasteiger partial charge >= 0.3 is 16.5 Å². The number of aliphatic hydroxyl groups excluding tert-OH is 3. The number of aliphatic hydroxyl groups is 3. The van der Waals surface area contributed by atoms with Crippen molar-refractivity contribution in [2.75, 3.05) is 24.7 Å². The van der Waals surface area contributed by atoms with Crippen molar-refractivity contribution >= 4 is 50.6 Å². The number of hydrogen-bond acceptors (Lipinski definition) is 18. The Morgan fingerprint density at radius 3 is 2.43 bits per heavy atom. The largest absolute Gasteiger partial charge is 0.472 e. The number of nitrogens with one attached hydrogen (secondary N) is 1. The number of nitrogen functional groups attached to an aromatic ring is 2. The number of nitrogens with two attached hydrogens (primary N) is 2. The van der Waals surface area contributed by atoms with Crippen LogP contribution in [0.25, 0.3) is 32.8 Å². The van der Waals surface area contributed by atoms with Gasteiger partial charge in [-0.05, 0) is 5.53 Å². The highest BCUT2D eigenvalue weighted by Crippen LogP contribution is 2.50. The van der Waals surface area contributed by atoms with E-state index < -0.39 is 84.3 Å². The number of azide groups is 1. The van der Waals surface area contributed by atoms with Gasteiger partial charge in [-0.2, -0.15) is 4.98 Å². The molecule has 4 aromatic rings. The van der Waals surface area contributed by atoms with Gasteiger partial charge in [-0.1, -0.05) is 5.11 Å².